The Morgan fingerprint density at radius 3 is 2.65 bits per heavy atom. The average Bonchev–Trinajstić information content (AvgIpc) is 3.18. The van der Waals surface area contributed by atoms with Crippen molar-refractivity contribution in [2.75, 3.05) is 20.6 Å². The van der Waals surface area contributed by atoms with E-state index in [1.54, 1.807) is 0 Å². The van der Waals surface area contributed by atoms with Gasteiger partial charge < -0.3 is 38.3 Å². The molecular formula is C29H44INO3. The van der Waals surface area contributed by atoms with E-state index in [0.29, 0.717) is 41.6 Å². The molecule has 0 bridgehead atoms. The van der Waals surface area contributed by atoms with Crippen molar-refractivity contribution < 1.29 is 43.1 Å². The Labute approximate surface area is 223 Å². The van der Waals surface area contributed by atoms with Crippen molar-refractivity contribution in [1.29, 1.82) is 0 Å². The zero-order chi connectivity index (χ0) is 23.5. The molecule has 34 heavy (non-hydrogen) atoms. The molecule has 0 amide bonds. The maximum absolute atomic E-state index is 14.3. The van der Waals surface area contributed by atoms with E-state index in [4.69, 9.17) is 4.74 Å². The largest absolute Gasteiger partial charge is 1.00 e. The van der Waals surface area contributed by atoms with E-state index in [1.807, 2.05) is 0 Å². The molecule has 2 heterocycles. The third kappa shape index (κ3) is 3.21. The molecule has 0 aromatic carbocycles. The van der Waals surface area contributed by atoms with E-state index in [2.05, 4.69) is 47.9 Å². The van der Waals surface area contributed by atoms with Gasteiger partial charge in [0.2, 0.25) is 0 Å². The highest BCUT2D eigenvalue weighted by atomic mass is 127. The number of aliphatic hydroxyl groups is 1. The molecule has 0 aromatic rings. The van der Waals surface area contributed by atoms with E-state index >= 15 is 0 Å². The maximum atomic E-state index is 14.3. The van der Waals surface area contributed by atoms with Crippen LogP contribution in [0, 0.1) is 35.0 Å². The summed E-state index contributed by atoms with van der Waals surface area (Å²) in [5.41, 5.74) is 3.47. The molecule has 4 fully saturated rings. The minimum atomic E-state index is -0.260. The first-order valence-corrected chi connectivity index (χ1v) is 13.6. The first-order valence-electron chi connectivity index (χ1n) is 13.6. The Balaban J connectivity index is 0.00000241. The van der Waals surface area contributed by atoms with Gasteiger partial charge in [-0.2, -0.15) is 0 Å². The number of piperidine rings is 1. The number of likely N-dealkylation sites (N-methyl/N-ethyl adjacent to an activating group) is 1. The van der Waals surface area contributed by atoms with E-state index < -0.39 is 0 Å². The summed E-state index contributed by atoms with van der Waals surface area (Å²) >= 11 is 0. The van der Waals surface area contributed by atoms with Gasteiger partial charge >= 0.3 is 0 Å². The van der Waals surface area contributed by atoms with Crippen molar-refractivity contribution in [2.45, 2.75) is 96.5 Å². The van der Waals surface area contributed by atoms with Crippen LogP contribution in [0.25, 0.3) is 0 Å². The molecule has 2 aliphatic heterocycles. The number of hydrogen-bond acceptors (Lipinski definition) is 3. The number of carbonyl (C=O) groups excluding carboxylic acids is 1. The number of quaternary nitrogens is 1. The smallest absolute Gasteiger partial charge is 0.163 e. The monoisotopic (exact) mass is 581 g/mol. The van der Waals surface area contributed by atoms with Crippen LogP contribution in [0.2, 0.25) is 0 Å². The molecule has 2 saturated heterocycles. The van der Waals surface area contributed by atoms with Gasteiger partial charge in [-0.05, 0) is 74.7 Å². The summed E-state index contributed by atoms with van der Waals surface area (Å²) in [5, 5.41) is 10.3. The number of aliphatic hydroxyl groups excluding tert-OH is 1. The Morgan fingerprint density at radius 1 is 1.18 bits per heavy atom. The molecule has 10 atom stereocenters. The fourth-order valence-electron chi connectivity index (χ4n) is 10.2. The number of Topliss-reactive ketones (excluding diaryl/α,β-unsaturated/α-hetero) is 1. The molecule has 2 saturated carbocycles. The van der Waals surface area contributed by atoms with Crippen LogP contribution >= 0.6 is 0 Å². The Hall–Kier alpha value is -0.240. The van der Waals surface area contributed by atoms with Crippen molar-refractivity contribution in [3.05, 3.63) is 22.8 Å². The highest BCUT2D eigenvalue weighted by molar-refractivity contribution is 6.02. The van der Waals surface area contributed by atoms with Crippen molar-refractivity contribution in [1.82, 2.24) is 0 Å². The third-order valence-corrected chi connectivity index (χ3v) is 11.5. The van der Waals surface area contributed by atoms with Crippen molar-refractivity contribution in [3.8, 4) is 0 Å². The molecule has 6 rings (SSSR count). The van der Waals surface area contributed by atoms with Gasteiger partial charge in [0.05, 0.1) is 32.3 Å². The van der Waals surface area contributed by atoms with Gasteiger partial charge in [0.25, 0.3) is 0 Å². The van der Waals surface area contributed by atoms with Crippen LogP contribution in [0.3, 0.4) is 0 Å². The molecule has 4 nitrogen and oxygen atoms in total. The fourth-order valence-corrected chi connectivity index (χ4v) is 10.2. The number of nitrogens with zero attached hydrogens (tertiary/aromatic N) is 1. The minimum absolute atomic E-state index is 0. The number of ketones is 1. The number of allylic oxidation sites excluding steroid dienone is 2. The van der Waals surface area contributed by atoms with Crippen LogP contribution in [-0.4, -0.2) is 59.9 Å². The number of rotatable bonds is 0. The number of carbonyl (C=O) groups is 1. The number of halogens is 1. The molecule has 1 N–H and O–H groups in total. The molecule has 6 aliphatic rings. The normalized spacial score (nSPS) is 51.3. The molecule has 1 spiro atoms. The van der Waals surface area contributed by atoms with E-state index in [9.17, 15) is 9.90 Å². The summed E-state index contributed by atoms with van der Waals surface area (Å²) in [6, 6.07) is 0.512. The summed E-state index contributed by atoms with van der Waals surface area (Å²) in [6.07, 6.45) is 9.32. The molecule has 0 aromatic heterocycles. The molecular weight excluding hydrogens is 537 g/mol. The number of fused-ring (bicyclic) bond motifs is 6. The lowest BCUT2D eigenvalue weighted by molar-refractivity contribution is -0.927. The minimum Gasteiger partial charge on any atom is -1.00 e. The maximum Gasteiger partial charge on any atom is 0.163 e. The van der Waals surface area contributed by atoms with Gasteiger partial charge in [-0.15, -0.1) is 0 Å². The predicted octanol–water partition coefficient (Wildman–Crippen LogP) is 1.67. The SMILES string of the molecule is CC1=C2C(=O)[C@H]3[C@@H](CC=C4C[C@@H](O)CC[C@@]43C)[C@@H]2CC[C@]12O[C@@H]1C[C@H](C)C[N+](C)(C)[C@H]1[C@H]2C.[I-]. The van der Waals surface area contributed by atoms with Crippen molar-refractivity contribution in [2.24, 2.45) is 35.0 Å². The standard InChI is InChI=1S/C29H44NO3.HI/c1-16-13-23-26(30(5,6)15-16)18(3)29(33-23)12-10-21-22-8-7-19-14-20(31)9-11-28(19,4)25(22)27(32)24(21)17(29)2;/h7,16,18,20-23,25-26,31H,8-15H2,1-6H3;1H/q+1;/p-1/t16-,18+,20-,21-,22-,23+,25+,26-,28-,29-;/m0./s1. The van der Waals surface area contributed by atoms with Crippen LogP contribution in [-0.2, 0) is 9.53 Å². The second-order valence-electron chi connectivity index (χ2n) is 13.6. The lowest BCUT2D eigenvalue weighted by atomic mass is 9.56. The summed E-state index contributed by atoms with van der Waals surface area (Å²) in [6.45, 7) is 10.6. The zero-order valence-electron chi connectivity index (χ0n) is 21.9. The fraction of sp³-hybridized carbons (Fsp3) is 0.828. The Morgan fingerprint density at radius 2 is 1.91 bits per heavy atom. The van der Waals surface area contributed by atoms with Crippen LogP contribution in [0.4, 0.5) is 0 Å². The van der Waals surface area contributed by atoms with Gasteiger partial charge in [0.15, 0.2) is 5.78 Å². The summed E-state index contributed by atoms with van der Waals surface area (Å²) in [4.78, 5) is 14.3. The van der Waals surface area contributed by atoms with Crippen molar-refractivity contribution in [3.63, 3.8) is 0 Å². The first kappa shape index (κ1) is 25.4. The summed E-state index contributed by atoms with van der Waals surface area (Å²) < 4.78 is 8.14. The first-order chi connectivity index (χ1) is 15.5. The van der Waals surface area contributed by atoms with Gasteiger partial charge in [-0.1, -0.05) is 32.4 Å². The van der Waals surface area contributed by atoms with Gasteiger partial charge in [-0.25, -0.2) is 0 Å². The average molecular weight is 582 g/mol. The highest BCUT2D eigenvalue weighted by Gasteiger charge is 2.66. The number of likely N-dealkylation sites (tertiary alicyclic amines) is 1. The van der Waals surface area contributed by atoms with E-state index in [-0.39, 0.29) is 47.0 Å². The van der Waals surface area contributed by atoms with E-state index in [1.165, 1.54) is 17.7 Å². The van der Waals surface area contributed by atoms with Gasteiger partial charge in [0, 0.05) is 23.3 Å². The highest BCUT2D eigenvalue weighted by Crippen LogP contribution is 2.64. The van der Waals surface area contributed by atoms with Crippen LogP contribution in [0.1, 0.15) is 72.6 Å². The topological polar surface area (TPSA) is 46.5 Å². The molecule has 0 radical (unpaired) electrons. The summed E-state index contributed by atoms with van der Waals surface area (Å²) in [7, 11) is 4.78. The lowest BCUT2D eigenvalue weighted by Crippen LogP contribution is -3.00. The van der Waals surface area contributed by atoms with Gasteiger partial charge in [0.1, 0.15) is 12.1 Å². The molecule has 190 valence electrons. The number of hydrogen-bond donors (Lipinski definition) is 1. The number of ether oxygens (including phenoxy) is 1. The lowest BCUT2D eigenvalue weighted by Gasteiger charge is -2.48. The molecule has 4 aliphatic carbocycles. The quantitative estimate of drug-likeness (QED) is 0.269. The van der Waals surface area contributed by atoms with Crippen LogP contribution in [0.5, 0.6) is 0 Å². The third-order valence-electron chi connectivity index (χ3n) is 11.5. The van der Waals surface area contributed by atoms with E-state index in [0.717, 1.165) is 55.0 Å². The molecule has 5 heteroatoms. The summed E-state index contributed by atoms with van der Waals surface area (Å²) in [5.74, 6) is 2.47. The molecule has 0 unspecified atom stereocenters. The zero-order valence-corrected chi connectivity index (χ0v) is 24.1. The predicted molar refractivity (Wildman–Crippen MR) is 129 cm³/mol. The Bertz CT molecular complexity index is 955. The second-order valence-corrected chi connectivity index (χ2v) is 13.6. The van der Waals surface area contributed by atoms with Crippen LogP contribution in [0.15, 0.2) is 22.8 Å². The van der Waals surface area contributed by atoms with Crippen LogP contribution < -0.4 is 24.0 Å². The second kappa shape index (κ2) is 8.13. The Kier molecular flexibility index (Phi) is 6.08. The van der Waals surface area contributed by atoms with Gasteiger partial charge in [-0.3, -0.25) is 4.79 Å². The van der Waals surface area contributed by atoms with Crippen molar-refractivity contribution >= 4 is 5.78 Å².